The highest BCUT2D eigenvalue weighted by atomic mass is 16.6. The van der Waals surface area contributed by atoms with E-state index in [1.54, 1.807) is 13.8 Å². The molecule has 0 aliphatic carbocycles. The van der Waals surface area contributed by atoms with Gasteiger partial charge in [-0.2, -0.15) is 0 Å². The number of aromatic nitrogens is 2. The number of nitro benzene ring substituents is 1. The number of aliphatic imine (C=N–C) groups is 1. The maximum atomic E-state index is 12.3. The van der Waals surface area contributed by atoms with Crippen molar-refractivity contribution in [2.45, 2.75) is 26.9 Å². The molecule has 1 N–H and O–H groups in total. The fourth-order valence-electron chi connectivity index (χ4n) is 2.19. The molecule has 24 heavy (non-hydrogen) atoms. The van der Waals surface area contributed by atoms with E-state index in [9.17, 15) is 24.8 Å². The molecule has 0 bridgehead atoms. The van der Waals surface area contributed by atoms with Crippen LogP contribution in [0.3, 0.4) is 0 Å². The first-order chi connectivity index (χ1) is 11.4. The number of hydrogen-bond donors (Lipinski definition) is 1. The summed E-state index contributed by atoms with van der Waals surface area (Å²) in [6.07, 6.45) is 1.15. The minimum Gasteiger partial charge on any atom is -0.494 e. The van der Waals surface area contributed by atoms with Crippen molar-refractivity contribution in [3.05, 3.63) is 60.8 Å². The molecule has 0 amide bonds. The lowest BCUT2D eigenvalue weighted by Crippen LogP contribution is -2.41. The maximum Gasteiger partial charge on any atom is 0.333 e. The van der Waals surface area contributed by atoms with Crippen molar-refractivity contribution >= 4 is 17.6 Å². The normalized spacial score (nSPS) is 11.1. The van der Waals surface area contributed by atoms with E-state index < -0.39 is 22.1 Å². The molecular weight excluding hydrogens is 316 g/mol. The summed E-state index contributed by atoms with van der Waals surface area (Å²) in [6, 6.07) is 5.40. The molecule has 0 saturated heterocycles. The molecule has 9 nitrogen and oxygen atoms in total. The summed E-state index contributed by atoms with van der Waals surface area (Å²) in [7, 11) is 0. The highest BCUT2D eigenvalue weighted by Gasteiger charge is 2.15. The molecule has 0 radical (unpaired) electrons. The summed E-state index contributed by atoms with van der Waals surface area (Å²) in [5.74, 6) is -0.456. The fraction of sp³-hybridized carbons (Fsp3) is 0.267. The predicted octanol–water partition coefficient (Wildman–Crippen LogP) is 1.41. The highest BCUT2D eigenvalue weighted by Crippen LogP contribution is 2.18. The number of hydrogen-bond acceptors (Lipinski definition) is 6. The monoisotopic (exact) mass is 332 g/mol. The third kappa shape index (κ3) is 3.09. The molecule has 0 aliphatic rings. The molecular formula is C15H16N4O5. The van der Waals surface area contributed by atoms with Gasteiger partial charge in [-0.25, -0.2) is 4.79 Å². The third-order valence-electron chi connectivity index (χ3n) is 3.47. The van der Waals surface area contributed by atoms with Gasteiger partial charge in [-0.1, -0.05) is 0 Å². The van der Waals surface area contributed by atoms with E-state index in [0.29, 0.717) is 5.69 Å². The number of nitrogens with zero attached hydrogens (tertiary/aromatic N) is 4. The zero-order valence-electron chi connectivity index (χ0n) is 13.2. The van der Waals surface area contributed by atoms with Crippen molar-refractivity contribution in [3.63, 3.8) is 0 Å². The predicted molar refractivity (Wildman–Crippen MR) is 88.3 cm³/mol. The summed E-state index contributed by atoms with van der Waals surface area (Å²) >= 11 is 0. The Bertz CT molecular complexity index is 909. The molecule has 9 heteroatoms. The molecule has 1 aromatic carbocycles. The Balaban J connectivity index is 2.51. The van der Waals surface area contributed by atoms with Crippen LogP contribution in [-0.4, -0.2) is 25.4 Å². The topological polar surface area (TPSA) is 120 Å². The molecule has 2 aromatic rings. The Morgan fingerprint density at radius 1 is 1.17 bits per heavy atom. The molecule has 0 unspecified atom stereocenters. The van der Waals surface area contributed by atoms with Crippen molar-refractivity contribution in [2.24, 2.45) is 4.99 Å². The van der Waals surface area contributed by atoms with E-state index in [4.69, 9.17) is 0 Å². The molecule has 1 aromatic heterocycles. The van der Waals surface area contributed by atoms with Crippen LogP contribution >= 0.6 is 0 Å². The molecule has 2 rings (SSSR count). The average molecular weight is 332 g/mol. The van der Waals surface area contributed by atoms with Crippen LogP contribution in [-0.2, 0) is 13.1 Å². The SMILES string of the molecule is CCn1c(O)c(C=Nc2ccc([N+](=O)[O-])cc2)c(=O)n(CC)c1=O. The minimum atomic E-state index is -0.643. The van der Waals surface area contributed by atoms with E-state index in [0.717, 1.165) is 15.3 Å². The van der Waals surface area contributed by atoms with Crippen LogP contribution in [0, 0.1) is 10.1 Å². The number of nitro groups is 1. The van der Waals surface area contributed by atoms with Gasteiger partial charge in [-0.05, 0) is 26.0 Å². The van der Waals surface area contributed by atoms with Crippen LogP contribution in [0.2, 0.25) is 0 Å². The van der Waals surface area contributed by atoms with Crippen molar-refractivity contribution in [1.29, 1.82) is 0 Å². The summed E-state index contributed by atoms with van der Waals surface area (Å²) < 4.78 is 2.07. The van der Waals surface area contributed by atoms with Gasteiger partial charge in [-0.15, -0.1) is 0 Å². The molecule has 0 atom stereocenters. The highest BCUT2D eigenvalue weighted by molar-refractivity contribution is 5.84. The van der Waals surface area contributed by atoms with E-state index >= 15 is 0 Å². The summed E-state index contributed by atoms with van der Waals surface area (Å²) in [5.41, 5.74) is -1.05. The van der Waals surface area contributed by atoms with Crippen LogP contribution in [0.15, 0.2) is 38.8 Å². The molecule has 0 spiro atoms. The van der Waals surface area contributed by atoms with Gasteiger partial charge >= 0.3 is 5.69 Å². The molecule has 0 saturated carbocycles. The Kier molecular flexibility index (Phi) is 4.93. The first-order valence-corrected chi connectivity index (χ1v) is 7.25. The van der Waals surface area contributed by atoms with Gasteiger partial charge in [0.2, 0.25) is 5.88 Å². The van der Waals surface area contributed by atoms with Crippen LogP contribution in [0.1, 0.15) is 19.4 Å². The second kappa shape index (κ2) is 6.90. The Labute approximate surface area is 136 Å². The largest absolute Gasteiger partial charge is 0.494 e. The average Bonchev–Trinajstić information content (AvgIpc) is 2.56. The van der Waals surface area contributed by atoms with Crippen molar-refractivity contribution in [2.75, 3.05) is 0 Å². The molecule has 1 heterocycles. The van der Waals surface area contributed by atoms with E-state index in [1.165, 1.54) is 24.3 Å². The number of benzene rings is 1. The lowest BCUT2D eigenvalue weighted by molar-refractivity contribution is -0.384. The van der Waals surface area contributed by atoms with E-state index in [-0.39, 0.29) is 24.3 Å². The van der Waals surface area contributed by atoms with Crippen molar-refractivity contribution < 1.29 is 10.0 Å². The smallest absolute Gasteiger partial charge is 0.333 e. The van der Waals surface area contributed by atoms with E-state index in [2.05, 4.69) is 4.99 Å². The van der Waals surface area contributed by atoms with Crippen LogP contribution < -0.4 is 11.2 Å². The number of rotatable bonds is 5. The number of non-ortho nitro benzene ring substituents is 1. The second-order valence-corrected chi connectivity index (χ2v) is 4.85. The second-order valence-electron chi connectivity index (χ2n) is 4.85. The number of aromatic hydroxyl groups is 1. The third-order valence-corrected chi connectivity index (χ3v) is 3.47. The van der Waals surface area contributed by atoms with Gasteiger partial charge in [0.15, 0.2) is 0 Å². The summed E-state index contributed by atoms with van der Waals surface area (Å²) in [6.45, 7) is 3.68. The zero-order chi connectivity index (χ0) is 17.9. The minimum absolute atomic E-state index is 0.0790. The lowest BCUT2D eigenvalue weighted by atomic mass is 10.3. The van der Waals surface area contributed by atoms with Crippen LogP contribution in [0.25, 0.3) is 0 Å². The van der Waals surface area contributed by atoms with Gasteiger partial charge in [0.05, 0.1) is 10.6 Å². The van der Waals surface area contributed by atoms with Crippen molar-refractivity contribution in [1.82, 2.24) is 9.13 Å². The maximum absolute atomic E-state index is 12.3. The zero-order valence-corrected chi connectivity index (χ0v) is 13.2. The van der Waals surface area contributed by atoms with Gasteiger partial charge in [0.25, 0.3) is 11.2 Å². The van der Waals surface area contributed by atoms with Gasteiger partial charge in [0, 0.05) is 31.4 Å². The first-order valence-electron chi connectivity index (χ1n) is 7.25. The van der Waals surface area contributed by atoms with Gasteiger partial charge < -0.3 is 5.11 Å². The fourth-order valence-corrected chi connectivity index (χ4v) is 2.19. The van der Waals surface area contributed by atoms with Gasteiger partial charge in [-0.3, -0.25) is 29.0 Å². The lowest BCUT2D eigenvalue weighted by Gasteiger charge is -2.11. The summed E-state index contributed by atoms with van der Waals surface area (Å²) in [4.78, 5) is 38.5. The Morgan fingerprint density at radius 3 is 2.25 bits per heavy atom. The molecule has 126 valence electrons. The van der Waals surface area contributed by atoms with Crippen molar-refractivity contribution in [3.8, 4) is 5.88 Å². The first kappa shape index (κ1) is 17.1. The molecule has 0 fully saturated rings. The standard InChI is InChI=1S/C15H16N4O5/c1-3-17-13(20)12(14(21)18(4-2)15(17)22)9-16-10-5-7-11(8-6-10)19(23)24/h5-9,20H,3-4H2,1-2H3. The van der Waals surface area contributed by atoms with Crippen LogP contribution in [0.5, 0.6) is 5.88 Å². The Hall–Kier alpha value is -3.23. The van der Waals surface area contributed by atoms with Crippen LogP contribution in [0.4, 0.5) is 11.4 Å². The van der Waals surface area contributed by atoms with Gasteiger partial charge in [0.1, 0.15) is 5.56 Å². The Morgan fingerprint density at radius 2 is 1.75 bits per heavy atom. The summed E-state index contributed by atoms with van der Waals surface area (Å²) in [5, 5.41) is 20.7. The van der Waals surface area contributed by atoms with E-state index in [1.807, 2.05) is 0 Å². The molecule has 0 aliphatic heterocycles. The quantitative estimate of drug-likeness (QED) is 0.504.